The van der Waals surface area contributed by atoms with Crippen LogP contribution in [0.15, 0.2) is 211 Å². The smallest absolute Gasteiger partial charge is 0.170 e. The number of para-hydroxylation sites is 1. The Kier molecular flexibility index (Phi) is 7.33. The summed E-state index contributed by atoms with van der Waals surface area (Å²) >= 11 is 0. The molecule has 0 radical (unpaired) electrons. The summed E-state index contributed by atoms with van der Waals surface area (Å²) in [5.41, 5.74) is 7.26. The number of benzene rings is 11. The molecule has 0 atom stereocenters. The second-order valence-electron chi connectivity index (χ2n) is 16.7. The van der Waals surface area contributed by atoms with Gasteiger partial charge in [-0.05, 0) is 96.3 Å². The second kappa shape index (κ2) is 13.4. The van der Waals surface area contributed by atoms with Gasteiger partial charge in [-0.25, -0.2) is 15.0 Å². The lowest BCUT2D eigenvalue weighted by molar-refractivity contribution is 0.669. The fourth-order valence-electron chi connectivity index (χ4n) is 10.2. The molecule has 0 fully saturated rings. The van der Waals surface area contributed by atoms with E-state index in [0.717, 1.165) is 71.5 Å². The Labute approximate surface area is 366 Å². The Balaban J connectivity index is 1.12. The molecule has 0 N–H and O–H groups in total. The number of rotatable bonds is 4. The van der Waals surface area contributed by atoms with E-state index >= 15 is 0 Å². The van der Waals surface area contributed by atoms with Crippen LogP contribution in [0, 0.1) is 0 Å². The van der Waals surface area contributed by atoms with Crippen LogP contribution in [0.5, 0.6) is 0 Å². The van der Waals surface area contributed by atoms with E-state index in [0.29, 0.717) is 17.5 Å². The third kappa shape index (κ3) is 5.15. The molecular weight excluding hydrogens is 781 g/mol. The first kappa shape index (κ1) is 35.0. The second-order valence-corrected chi connectivity index (χ2v) is 16.7. The van der Waals surface area contributed by atoms with Gasteiger partial charge in [0.05, 0.1) is 22.3 Å². The molecule has 3 heterocycles. The molecule has 14 rings (SSSR count). The van der Waals surface area contributed by atoms with Crippen molar-refractivity contribution in [1.82, 2.24) is 19.5 Å². The van der Waals surface area contributed by atoms with Crippen molar-refractivity contribution in [2.45, 2.75) is 0 Å². The summed E-state index contributed by atoms with van der Waals surface area (Å²) in [4.78, 5) is 16.4. The van der Waals surface area contributed by atoms with Gasteiger partial charge in [0.15, 0.2) is 17.5 Å². The van der Waals surface area contributed by atoms with Crippen molar-refractivity contribution < 1.29 is 4.42 Å². The SMILES string of the molecule is c1ccc2cc3c(cc2c1)c1c2ccccc2ccc1n3-c1ccc2c(oc3ccccc32)c1-c1nc(-c2ccc3c(ccc4ccccc43)c2)nc(-c2cccc3ccccc23)n1. The molecule has 0 saturated heterocycles. The van der Waals surface area contributed by atoms with E-state index in [1.165, 1.54) is 48.5 Å². The van der Waals surface area contributed by atoms with Crippen molar-refractivity contribution in [3.8, 4) is 39.9 Å². The molecule has 64 heavy (non-hydrogen) atoms. The molecular formula is C59H34N4O. The summed E-state index contributed by atoms with van der Waals surface area (Å²) in [5.74, 6) is 1.71. The summed E-state index contributed by atoms with van der Waals surface area (Å²) in [6.07, 6.45) is 0. The van der Waals surface area contributed by atoms with Crippen LogP contribution in [-0.2, 0) is 0 Å². The van der Waals surface area contributed by atoms with Crippen molar-refractivity contribution in [3.05, 3.63) is 206 Å². The molecule has 5 nitrogen and oxygen atoms in total. The van der Waals surface area contributed by atoms with E-state index in [1.54, 1.807) is 0 Å². The standard InChI is InChI=1S/C59H34N4O/c1-2-16-39-34-52-49(33-38(39)15-1)54-45-20-8-5-14-37(45)27-30-50(54)63(52)51-31-29-47-46-21-9-10-23-53(46)64-56(47)55(51)59-61-57(60-58(62-59)48-22-11-17-35-12-3-7-19-43(35)48)41-26-28-44-40(32-41)25-24-36-13-4-6-18-42(36)44/h1-34H. The van der Waals surface area contributed by atoms with Gasteiger partial charge < -0.3 is 8.98 Å². The van der Waals surface area contributed by atoms with Crippen LogP contribution in [0.4, 0.5) is 0 Å². The van der Waals surface area contributed by atoms with Crippen LogP contribution in [0.1, 0.15) is 0 Å². The summed E-state index contributed by atoms with van der Waals surface area (Å²) in [7, 11) is 0. The minimum atomic E-state index is 0.530. The van der Waals surface area contributed by atoms with Gasteiger partial charge in [0.25, 0.3) is 0 Å². The highest BCUT2D eigenvalue weighted by Gasteiger charge is 2.26. The van der Waals surface area contributed by atoms with Crippen molar-refractivity contribution in [2.75, 3.05) is 0 Å². The molecule has 0 aliphatic rings. The van der Waals surface area contributed by atoms with Crippen LogP contribution in [-0.4, -0.2) is 19.5 Å². The molecule has 0 saturated carbocycles. The van der Waals surface area contributed by atoms with E-state index in [-0.39, 0.29) is 0 Å². The first-order valence-corrected chi connectivity index (χ1v) is 21.7. The van der Waals surface area contributed by atoms with E-state index in [1.807, 2.05) is 12.1 Å². The van der Waals surface area contributed by atoms with E-state index in [4.69, 9.17) is 19.4 Å². The summed E-state index contributed by atoms with van der Waals surface area (Å²) in [6, 6.07) is 73.4. The minimum Gasteiger partial charge on any atom is -0.455 e. The predicted molar refractivity (Wildman–Crippen MR) is 265 cm³/mol. The van der Waals surface area contributed by atoms with Crippen LogP contribution >= 0.6 is 0 Å². The first-order chi connectivity index (χ1) is 31.7. The fraction of sp³-hybridized carbons (Fsp3) is 0. The molecule has 3 aromatic heterocycles. The Hall–Kier alpha value is -8.67. The lowest BCUT2D eigenvalue weighted by Crippen LogP contribution is -2.04. The number of furan rings is 1. The van der Waals surface area contributed by atoms with Gasteiger partial charge in [0, 0.05) is 32.7 Å². The largest absolute Gasteiger partial charge is 0.455 e. The highest BCUT2D eigenvalue weighted by atomic mass is 16.3. The van der Waals surface area contributed by atoms with E-state index < -0.39 is 0 Å². The maximum Gasteiger partial charge on any atom is 0.170 e. The topological polar surface area (TPSA) is 56.7 Å². The molecule has 0 amide bonds. The summed E-state index contributed by atoms with van der Waals surface area (Å²) in [6.45, 7) is 0. The van der Waals surface area contributed by atoms with Crippen molar-refractivity contribution in [1.29, 1.82) is 0 Å². The number of hydrogen-bond acceptors (Lipinski definition) is 4. The highest BCUT2D eigenvalue weighted by molar-refractivity contribution is 6.24. The average Bonchev–Trinajstić information content (AvgIpc) is 3.90. The third-order valence-electron chi connectivity index (χ3n) is 13.2. The van der Waals surface area contributed by atoms with Crippen molar-refractivity contribution >= 4 is 97.6 Å². The van der Waals surface area contributed by atoms with Gasteiger partial charge >= 0.3 is 0 Å². The monoisotopic (exact) mass is 814 g/mol. The van der Waals surface area contributed by atoms with E-state index in [2.05, 4.69) is 199 Å². The van der Waals surface area contributed by atoms with Crippen LogP contribution in [0.2, 0.25) is 0 Å². The van der Waals surface area contributed by atoms with Crippen molar-refractivity contribution in [2.24, 2.45) is 0 Å². The lowest BCUT2D eigenvalue weighted by atomic mass is 10.00. The van der Waals surface area contributed by atoms with Gasteiger partial charge in [-0.15, -0.1) is 0 Å². The normalized spacial score (nSPS) is 12.1. The van der Waals surface area contributed by atoms with Crippen LogP contribution in [0.3, 0.4) is 0 Å². The molecule has 5 heteroatoms. The van der Waals surface area contributed by atoms with E-state index in [9.17, 15) is 0 Å². The molecule has 296 valence electrons. The number of aromatic nitrogens is 4. The summed E-state index contributed by atoms with van der Waals surface area (Å²) < 4.78 is 9.38. The molecule has 14 aromatic rings. The van der Waals surface area contributed by atoms with Gasteiger partial charge in [-0.3, -0.25) is 0 Å². The molecule has 0 bridgehead atoms. The maximum absolute atomic E-state index is 6.99. The number of nitrogens with zero attached hydrogens (tertiary/aromatic N) is 4. The maximum atomic E-state index is 6.99. The zero-order valence-electron chi connectivity index (χ0n) is 34.3. The van der Waals surface area contributed by atoms with Gasteiger partial charge in [0.1, 0.15) is 11.2 Å². The number of fused-ring (bicyclic) bond motifs is 13. The Morgan fingerprint density at radius 2 is 0.938 bits per heavy atom. The minimum absolute atomic E-state index is 0.530. The molecule has 0 unspecified atom stereocenters. The highest BCUT2D eigenvalue weighted by Crippen LogP contribution is 2.45. The zero-order valence-corrected chi connectivity index (χ0v) is 34.3. The fourth-order valence-corrected chi connectivity index (χ4v) is 10.2. The summed E-state index contributed by atoms with van der Waals surface area (Å²) in [5, 5.41) is 16.1. The zero-order chi connectivity index (χ0) is 41.9. The van der Waals surface area contributed by atoms with Crippen molar-refractivity contribution in [3.63, 3.8) is 0 Å². The Bertz CT molecular complexity index is 4270. The van der Waals surface area contributed by atoms with Gasteiger partial charge in [0.2, 0.25) is 0 Å². The quantitative estimate of drug-likeness (QED) is 0.166. The third-order valence-corrected chi connectivity index (χ3v) is 13.2. The van der Waals surface area contributed by atoms with Crippen LogP contribution in [0.25, 0.3) is 137 Å². The first-order valence-electron chi connectivity index (χ1n) is 21.7. The molecule has 11 aromatic carbocycles. The molecule has 0 aliphatic heterocycles. The average molecular weight is 815 g/mol. The Morgan fingerprint density at radius 3 is 1.78 bits per heavy atom. The van der Waals surface area contributed by atoms with Gasteiger partial charge in [-0.2, -0.15) is 0 Å². The lowest BCUT2D eigenvalue weighted by Gasteiger charge is -2.16. The molecule has 0 aliphatic carbocycles. The Morgan fingerprint density at radius 1 is 0.344 bits per heavy atom. The molecule has 0 spiro atoms. The number of hydrogen-bond donors (Lipinski definition) is 0. The van der Waals surface area contributed by atoms with Crippen LogP contribution < -0.4 is 0 Å². The van der Waals surface area contributed by atoms with Gasteiger partial charge in [-0.1, -0.05) is 164 Å². The predicted octanol–water partition coefficient (Wildman–Crippen LogP) is 15.6.